The van der Waals surface area contributed by atoms with Gasteiger partial charge in [0.2, 0.25) is 0 Å². The molecular weight excluding hydrogens is 357 g/mol. The highest BCUT2D eigenvalue weighted by molar-refractivity contribution is 5.26. The van der Waals surface area contributed by atoms with Crippen LogP contribution in [0.3, 0.4) is 0 Å². The van der Waals surface area contributed by atoms with E-state index in [0.29, 0.717) is 18.6 Å². The van der Waals surface area contributed by atoms with E-state index in [9.17, 15) is 13.2 Å². The topological polar surface area (TPSA) is 27.7 Å². The number of unbranched alkanes of at least 4 members (excludes halogenated alkanes) is 5. The lowest BCUT2D eigenvalue weighted by Crippen LogP contribution is -2.46. The molecule has 0 N–H and O–H groups in total. The van der Waals surface area contributed by atoms with Crippen molar-refractivity contribution in [2.75, 3.05) is 14.2 Å². The van der Waals surface area contributed by atoms with E-state index in [1.54, 1.807) is 13.8 Å². The Labute approximate surface area is 161 Å². The average Bonchev–Trinajstić information content (AvgIpc) is 2.60. The van der Waals surface area contributed by atoms with Crippen molar-refractivity contribution in [3.05, 3.63) is 35.1 Å². The average molecular weight is 390 g/mol. The van der Waals surface area contributed by atoms with Gasteiger partial charge in [0.1, 0.15) is 17.5 Å². The summed E-state index contributed by atoms with van der Waals surface area (Å²) < 4.78 is 59.2. The van der Waals surface area contributed by atoms with Gasteiger partial charge in [-0.1, -0.05) is 45.4 Å². The maximum Gasteiger partial charge on any atom is 0.290 e. The van der Waals surface area contributed by atoms with Crippen molar-refractivity contribution in [1.82, 2.24) is 0 Å². The minimum absolute atomic E-state index is 0.269. The Morgan fingerprint density at radius 2 is 1.41 bits per heavy atom. The van der Waals surface area contributed by atoms with E-state index in [4.69, 9.17) is 14.2 Å². The SMILES string of the molecule is CCCCCCCCC(c1c(F)cc(F)cc1F)C(OC)(OC)OC(C)C. The van der Waals surface area contributed by atoms with E-state index in [1.165, 1.54) is 20.6 Å². The lowest BCUT2D eigenvalue weighted by Gasteiger charge is -2.39. The van der Waals surface area contributed by atoms with Crippen LogP contribution in [-0.4, -0.2) is 26.3 Å². The summed E-state index contributed by atoms with van der Waals surface area (Å²) >= 11 is 0. The van der Waals surface area contributed by atoms with Crippen molar-refractivity contribution in [1.29, 1.82) is 0 Å². The highest BCUT2D eigenvalue weighted by atomic mass is 19.1. The summed E-state index contributed by atoms with van der Waals surface area (Å²) in [7, 11) is 2.75. The summed E-state index contributed by atoms with van der Waals surface area (Å²) in [4.78, 5) is 0. The molecule has 1 atom stereocenters. The molecule has 0 spiro atoms. The molecule has 1 rings (SSSR count). The first kappa shape index (κ1) is 23.9. The van der Waals surface area contributed by atoms with E-state index in [2.05, 4.69) is 6.92 Å². The van der Waals surface area contributed by atoms with Crippen molar-refractivity contribution in [2.24, 2.45) is 0 Å². The number of benzene rings is 1. The highest BCUT2D eigenvalue weighted by Gasteiger charge is 2.45. The maximum absolute atomic E-state index is 14.5. The minimum atomic E-state index is -1.66. The third-order valence-electron chi connectivity index (χ3n) is 4.63. The summed E-state index contributed by atoms with van der Waals surface area (Å²) in [5.41, 5.74) is -0.269. The van der Waals surface area contributed by atoms with Crippen LogP contribution in [0.5, 0.6) is 0 Å². The largest absolute Gasteiger partial charge is 0.330 e. The van der Waals surface area contributed by atoms with Crippen molar-refractivity contribution >= 4 is 0 Å². The molecule has 27 heavy (non-hydrogen) atoms. The Kier molecular flexibility index (Phi) is 10.3. The van der Waals surface area contributed by atoms with E-state index in [0.717, 1.165) is 32.1 Å². The summed E-state index contributed by atoms with van der Waals surface area (Å²) in [6, 6.07) is 1.36. The monoisotopic (exact) mass is 390 g/mol. The predicted molar refractivity (Wildman–Crippen MR) is 100 cm³/mol. The number of methoxy groups -OCH3 is 2. The fraction of sp³-hybridized carbons (Fsp3) is 0.714. The smallest absolute Gasteiger partial charge is 0.290 e. The van der Waals surface area contributed by atoms with Gasteiger partial charge in [0.05, 0.1) is 12.0 Å². The Balaban J connectivity index is 3.16. The first-order chi connectivity index (χ1) is 12.8. The first-order valence-corrected chi connectivity index (χ1v) is 9.73. The minimum Gasteiger partial charge on any atom is -0.330 e. The molecule has 0 aliphatic carbocycles. The lowest BCUT2D eigenvalue weighted by atomic mass is 9.89. The normalized spacial score (nSPS) is 13.4. The molecule has 0 heterocycles. The van der Waals surface area contributed by atoms with Gasteiger partial charge in [-0.25, -0.2) is 13.2 Å². The molecule has 1 unspecified atom stereocenters. The third kappa shape index (κ3) is 6.77. The molecule has 0 saturated heterocycles. The molecule has 0 bridgehead atoms. The fourth-order valence-electron chi connectivity index (χ4n) is 3.39. The van der Waals surface area contributed by atoms with Crippen LogP contribution < -0.4 is 0 Å². The van der Waals surface area contributed by atoms with E-state index in [1.807, 2.05) is 0 Å². The zero-order chi connectivity index (χ0) is 20.4. The maximum atomic E-state index is 14.5. The standard InChI is InChI=1S/C21H33F3O3/c1-6-7-8-9-10-11-12-17(21(25-4,26-5)27-15(2)3)20-18(23)13-16(22)14-19(20)24/h13-15,17H,6-12H2,1-5H3. The molecule has 0 aliphatic rings. The zero-order valence-electron chi connectivity index (χ0n) is 17.1. The van der Waals surface area contributed by atoms with E-state index in [-0.39, 0.29) is 11.7 Å². The van der Waals surface area contributed by atoms with Gasteiger partial charge in [-0.05, 0) is 20.3 Å². The first-order valence-electron chi connectivity index (χ1n) is 9.73. The molecule has 0 fully saturated rings. The molecular formula is C21H33F3O3. The van der Waals surface area contributed by atoms with Crippen molar-refractivity contribution in [3.63, 3.8) is 0 Å². The Bertz CT molecular complexity index is 537. The van der Waals surface area contributed by atoms with E-state index >= 15 is 0 Å². The summed E-state index contributed by atoms with van der Waals surface area (Å²) in [5.74, 6) is -5.42. The summed E-state index contributed by atoms with van der Waals surface area (Å²) in [5, 5.41) is 0. The second kappa shape index (κ2) is 11.7. The second-order valence-corrected chi connectivity index (χ2v) is 7.07. The van der Waals surface area contributed by atoms with Gasteiger partial charge in [0.15, 0.2) is 0 Å². The van der Waals surface area contributed by atoms with Crippen LogP contribution in [0.2, 0.25) is 0 Å². The van der Waals surface area contributed by atoms with Crippen LogP contribution in [0.15, 0.2) is 12.1 Å². The third-order valence-corrected chi connectivity index (χ3v) is 4.63. The van der Waals surface area contributed by atoms with Gasteiger partial charge in [-0.15, -0.1) is 0 Å². The van der Waals surface area contributed by atoms with Crippen molar-refractivity contribution in [3.8, 4) is 0 Å². The Morgan fingerprint density at radius 3 is 1.89 bits per heavy atom. The molecule has 6 heteroatoms. The van der Waals surface area contributed by atoms with Crippen molar-refractivity contribution < 1.29 is 27.4 Å². The van der Waals surface area contributed by atoms with Gasteiger partial charge < -0.3 is 14.2 Å². The number of rotatable bonds is 13. The van der Waals surface area contributed by atoms with Crippen LogP contribution in [0.1, 0.15) is 77.2 Å². The summed E-state index contributed by atoms with van der Waals surface area (Å²) in [6.07, 6.45) is 6.22. The molecule has 0 aliphatic heterocycles. The predicted octanol–water partition coefficient (Wildman–Crippen LogP) is 6.31. The Morgan fingerprint density at radius 1 is 0.889 bits per heavy atom. The van der Waals surface area contributed by atoms with Crippen LogP contribution >= 0.6 is 0 Å². The molecule has 0 radical (unpaired) electrons. The fourth-order valence-corrected chi connectivity index (χ4v) is 3.39. The number of halogens is 3. The van der Waals surface area contributed by atoms with Crippen molar-refractivity contribution in [2.45, 2.75) is 83.7 Å². The number of hydrogen-bond donors (Lipinski definition) is 0. The van der Waals surface area contributed by atoms with Gasteiger partial charge in [-0.2, -0.15) is 0 Å². The lowest BCUT2D eigenvalue weighted by molar-refractivity contribution is -0.385. The Hall–Kier alpha value is -1.11. The number of ether oxygens (including phenoxy) is 3. The molecule has 0 aromatic heterocycles. The van der Waals surface area contributed by atoms with Gasteiger partial charge in [0, 0.05) is 31.9 Å². The summed E-state index contributed by atoms with van der Waals surface area (Å²) in [6.45, 7) is 5.71. The molecule has 3 nitrogen and oxygen atoms in total. The quantitative estimate of drug-likeness (QED) is 0.292. The van der Waals surface area contributed by atoms with Gasteiger partial charge >= 0.3 is 0 Å². The zero-order valence-corrected chi connectivity index (χ0v) is 17.1. The number of hydrogen-bond acceptors (Lipinski definition) is 3. The van der Waals surface area contributed by atoms with Crippen LogP contribution in [0.4, 0.5) is 13.2 Å². The van der Waals surface area contributed by atoms with Gasteiger partial charge in [0.25, 0.3) is 5.97 Å². The molecule has 0 amide bonds. The van der Waals surface area contributed by atoms with Gasteiger partial charge in [-0.3, -0.25) is 0 Å². The molecule has 1 aromatic carbocycles. The van der Waals surface area contributed by atoms with Crippen LogP contribution in [0, 0.1) is 17.5 Å². The van der Waals surface area contributed by atoms with Crippen LogP contribution in [-0.2, 0) is 14.2 Å². The second-order valence-electron chi connectivity index (χ2n) is 7.07. The molecule has 0 saturated carbocycles. The highest BCUT2D eigenvalue weighted by Crippen LogP contribution is 2.40. The molecule has 1 aromatic rings. The van der Waals surface area contributed by atoms with Crippen LogP contribution in [0.25, 0.3) is 0 Å². The van der Waals surface area contributed by atoms with E-state index < -0.39 is 29.3 Å². The molecule has 156 valence electrons.